The van der Waals surface area contributed by atoms with Crippen molar-refractivity contribution in [3.8, 4) is 0 Å². The van der Waals surface area contributed by atoms with Crippen molar-refractivity contribution >= 4 is 34.9 Å². The molecule has 1 N–H and O–H groups in total. The molecule has 33 heavy (non-hydrogen) atoms. The molecule has 1 saturated heterocycles. The van der Waals surface area contributed by atoms with Crippen molar-refractivity contribution in [2.45, 2.75) is 19.5 Å². The highest BCUT2D eigenvalue weighted by atomic mass is 32.2. The minimum Gasteiger partial charge on any atom is -0.346 e. The van der Waals surface area contributed by atoms with Gasteiger partial charge >= 0.3 is 0 Å². The Balaban J connectivity index is 1.42. The molecule has 0 bridgehead atoms. The quantitative estimate of drug-likeness (QED) is 0.490. The van der Waals surface area contributed by atoms with Crippen LogP contribution in [0.15, 0.2) is 83.8 Å². The van der Waals surface area contributed by atoms with E-state index in [4.69, 9.17) is 0 Å². The summed E-state index contributed by atoms with van der Waals surface area (Å²) in [6, 6.07) is 22.2. The average Bonchev–Trinajstić information content (AvgIpc) is 3.07. The smallest absolute Gasteiger partial charge is 0.293 e. The molecular weight excluding hydrogens is 439 g/mol. The molecule has 3 amide bonds. The Hall–Kier alpha value is -3.71. The van der Waals surface area contributed by atoms with Gasteiger partial charge in [0.15, 0.2) is 0 Å². The summed E-state index contributed by atoms with van der Waals surface area (Å²) in [5.74, 6) is -1.04. The molecule has 4 rings (SSSR count). The maximum Gasteiger partial charge on any atom is 0.293 e. The molecule has 0 radical (unpaired) electrons. The van der Waals surface area contributed by atoms with E-state index in [-0.39, 0.29) is 23.4 Å². The topological polar surface area (TPSA) is 66.5 Å². The van der Waals surface area contributed by atoms with Gasteiger partial charge in [0.2, 0.25) is 0 Å². The number of carbonyl (C=O) groups excluding carboxylic acids is 3. The van der Waals surface area contributed by atoms with Crippen molar-refractivity contribution in [3.63, 3.8) is 0 Å². The lowest BCUT2D eigenvalue weighted by molar-refractivity contribution is -0.123. The summed E-state index contributed by atoms with van der Waals surface area (Å²) >= 11 is 0.842. The Morgan fingerprint density at radius 1 is 1.03 bits per heavy atom. The number of nitrogens with one attached hydrogen (secondary N) is 1. The van der Waals surface area contributed by atoms with Crippen LogP contribution < -0.4 is 5.32 Å². The zero-order valence-corrected chi connectivity index (χ0v) is 18.6. The van der Waals surface area contributed by atoms with Gasteiger partial charge in [-0.1, -0.05) is 54.6 Å². The molecule has 5 nitrogen and oxygen atoms in total. The number of nitrogens with zero attached hydrogens (tertiary/aromatic N) is 1. The summed E-state index contributed by atoms with van der Waals surface area (Å²) < 4.78 is 13.4. The standard InChI is InChI=1S/C26H21FN2O3S/c1-17(20-7-3-2-4-8-20)28-24(30)21-12-10-18(11-13-21)15-23-25(31)29(26(32)33-23)16-19-6-5-9-22(27)14-19/h2-15,17H,16H2,1H3,(H,28,30). The first-order valence-electron chi connectivity index (χ1n) is 10.4. The van der Waals surface area contributed by atoms with E-state index in [1.807, 2.05) is 37.3 Å². The first-order chi connectivity index (χ1) is 15.9. The largest absolute Gasteiger partial charge is 0.346 e. The van der Waals surface area contributed by atoms with Crippen molar-refractivity contribution in [3.05, 3.63) is 112 Å². The lowest BCUT2D eigenvalue weighted by atomic mass is 10.1. The van der Waals surface area contributed by atoms with Crippen molar-refractivity contribution in [2.75, 3.05) is 0 Å². The van der Waals surface area contributed by atoms with E-state index < -0.39 is 17.0 Å². The van der Waals surface area contributed by atoms with Crippen LogP contribution in [0.3, 0.4) is 0 Å². The van der Waals surface area contributed by atoms with Gasteiger partial charge in [-0.25, -0.2) is 4.39 Å². The highest BCUT2D eigenvalue weighted by Gasteiger charge is 2.35. The number of hydrogen-bond acceptors (Lipinski definition) is 4. The lowest BCUT2D eigenvalue weighted by Crippen LogP contribution is -2.27. The number of imide groups is 1. The zero-order chi connectivity index (χ0) is 23.4. The van der Waals surface area contributed by atoms with Crippen LogP contribution in [0.1, 0.15) is 40.0 Å². The molecule has 0 aromatic heterocycles. The summed E-state index contributed by atoms with van der Waals surface area (Å²) in [4.78, 5) is 39.0. The number of amides is 3. The van der Waals surface area contributed by atoms with Crippen LogP contribution >= 0.6 is 11.8 Å². The van der Waals surface area contributed by atoms with E-state index in [1.54, 1.807) is 36.4 Å². The van der Waals surface area contributed by atoms with Gasteiger partial charge < -0.3 is 5.32 Å². The van der Waals surface area contributed by atoms with E-state index in [0.717, 1.165) is 22.2 Å². The minimum atomic E-state index is -0.423. The molecule has 3 aromatic carbocycles. The van der Waals surface area contributed by atoms with Gasteiger partial charge in [-0.2, -0.15) is 0 Å². The Bertz CT molecular complexity index is 1230. The maximum absolute atomic E-state index is 13.4. The number of hydrogen-bond donors (Lipinski definition) is 1. The van der Waals surface area contributed by atoms with E-state index in [0.29, 0.717) is 16.7 Å². The SMILES string of the molecule is CC(NC(=O)c1ccc(C=C2SC(=O)N(Cc3cccc(F)c3)C2=O)cc1)c1ccccc1. The zero-order valence-electron chi connectivity index (χ0n) is 17.8. The molecule has 0 saturated carbocycles. The van der Waals surface area contributed by atoms with Gasteiger partial charge in [-0.05, 0) is 65.7 Å². The third-order valence-electron chi connectivity index (χ3n) is 5.22. The Morgan fingerprint density at radius 2 is 1.76 bits per heavy atom. The van der Waals surface area contributed by atoms with E-state index >= 15 is 0 Å². The first-order valence-corrected chi connectivity index (χ1v) is 11.2. The number of benzene rings is 3. The highest BCUT2D eigenvalue weighted by Crippen LogP contribution is 2.33. The van der Waals surface area contributed by atoms with Gasteiger partial charge in [0.25, 0.3) is 17.1 Å². The number of carbonyl (C=O) groups is 3. The second kappa shape index (κ2) is 9.83. The molecule has 7 heteroatoms. The number of halogens is 1. The van der Waals surface area contributed by atoms with Crippen LogP contribution in [0, 0.1) is 5.82 Å². The molecule has 1 aliphatic heterocycles. The van der Waals surface area contributed by atoms with Crippen LogP contribution in [-0.2, 0) is 11.3 Å². The van der Waals surface area contributed by atoms with Crippen LogP contribution in [0.5, 0.6) is 0 Å². The second-order valence-corrected chi connectivity index (χ2v) is 8.62. The molecule has 3 aromatic rings. The van der Waals surface area contributed by atoms with E-state index in [2.05, 4.69) is 5.32 Å². The molecule has 166 valence electrons. The maximum atomic E-state index is 13.4. The predicted octanol–water partition coefficient (Wildman–Crippen LogP) is 5.55. The minimum absolute atomic E-state index is 0.0124. The fraction of sp³-hybridized carbons (Fsp3) is 0.115. The summed E-state index contributed by atoms with van der Waals surface area (Å²) in [5.41, 5.74) is 2.74. The molecule has 1 fully saturated rings. The molecule has 0 aliphatic carbocycles. The van der Waals surface area contributed by atoms with Gasteiger partial charge in [0.1, 0.15) is 5.82 Å². The third kappa shape index (κ3) is 5.38. The van der Waals surface area contributed by atoms with Crippen molar-refractivity contribution < 1.29 is 18.8 Å². The Kier molecular flexibility index (Phi) is 6.70. The molecule has 1 atom stereocenters. The van der Waals surface area contributed by atoms with Crippen molar-refractivity contribution in [1.82, 2.24) is 10.2 Å². The summed E-state index contributed by atoms with van der Waals surface area (Å²) in [7, 11) is 0. The normalized spacial score (nSPS) is 15.7. The first kappa shape index (κ1) is 22.5. The van der Waals surface area contributed by atoms with Gasteiger partial charge in [0.05, 0.1) is 17.5 Å². The summed E-state index contributed by atoms with van der Waals surface area (Å²) in [5, 5.41) is 2.56. The Morgan fingerprint density at radius 3 is 2.45 bits per heavy atom. The average molecular weight is 461 g/mol. The number of thioether (sulfide) groups is 1. The second-order valence-electron chi connectivity index (χ2n) is 7.63. The van der Waals surface area contributed by atoms with E-state index in [9.17, 15) is 18.8 Å². The van der Waals surface area contributed by atoms with Gasteiger partial charge in [0, 0.05) is 5.56 Å². The fourth-order valence-corrected chi connectivity index (χ4v) is 4.28. The predicted molar refractivity (Wildman–Crippen MR) is 127 cm³/mol. The molecular formula is C26H21FN2O3S. The van der Waals surface area contributed by atoms with Crippen LogP contribution in [0.2, 0.25) is 0 Å². The monoisotopic (exact) mass is 460 g/mol. The Labute approximate surface area is 195 Å². The lowest BCUT2D eigenvalue weighted by Gasteiger charge is -2.14. The third-order valence-corrected chi connectivity index (χ3v) is 6.13. The summed E-state index contributed by atoms with van der Waals surface area (Å²) in [6.45, 7) is 1.93. The van der Waals surface area contributed by atoms with Crippen LogP contribution in [0.4, 0.5) is 9.18 Å². The highest BCUT2D eigenvalue weighted by molar-refractivity contribution is 8.18. The van der Waals surface area contributed by atoms with Crippen molar-refractivity contribution in [1.29, 1.82) is 0 Å². The molecule has 1 unspecified atom stereocenters. The molecule has 1 heterocycles. The van der Waals surface area contributed by atoms with Gasteiger partial charge in [-0.15, -0.1) is 0 Å². The summed E-state index contributed by atoms with van der Waals surface area (Å²) in [6.07, 6.45) is 1.62. The van der Waals surface area contributed by atoms with Crippen LogP contribution in [-0.4, -0.2) is 22.0 Å². The van der Waals surface area contributed by atoms with Crippen molar-refractivity contribution in [2.24, 2.45) is 0 Å². The van der Waals surface area contributed by atoms with Crippen LogP contribution in [0.25, 0.3) is 6.08 Å². The number of rotatable bonds is 6. The van der Waals surface area contributed by atoms with E-state index in [1.165, 1.54) is 18.2 Å². The molecule has 1 aliphatic rings. The molecule has 0 spiro atoms. The fourth-order valence-electron chi connectivity index (χ4n) is 3.44. The van der Waals surface area contributed by atoms with Gasteiger partial charge in [-0.3, -0.25) is 19.3 Å².